The lowest BCUT2D eigenvalue weighted by atomic mass is 10.1. The largest absolute Gasteiger partial charge is 0.495 e. The van der Waals surface area contributed by atoms with Gasteiger partial charge in [-0.1, -0.05) is 11.6 Å². The highest BCUT2D eigenvalue weighted by Gasteiger charge is 2.26. The van der Waals surface area contributed by atoms with E-state index in [9.17, 15) is 4.79 Å². The molecule has 0 radical (unpaired) electrons. The average Bonchev–Trinajstić information content (AvgIpc) is 3.01. The van der Waals surface area contributed by atoms with Crippen molar-refractivity contribution < 1.29 is 9.53 Å². The SMILES string of the molecule is COc1ccc(Cl)cc1NC(=O)C(C)N1CCc2sccc2C1. The van der Waals surface area contributed by atoms with Crippen molar-refractivity contribution in [3.8, 4) is 5.75 Å². The number of fused-ring (bicyclic) bond motifs is 1. The highest BCUT2D eigenvalue weighted by atomic mass is 35.5. The maximum atomic E-state index is 12.6. The number of nitrogens with zero attached hydrogens (tertiary/aromatic N) is 1. The molecule has 23 heavy (non-hydrogen) atoms. The van der Waals surface area contributed by atoms with E-state index in [1.54, 1.807) is 36.6 Å². The van der Waals surface area contributed by atoms with Crippen LogP contribution in [0.4, 0.5) is 5.69 Å². The molecule has 1 aliphatic rings. The first kappa shape index (κ1) is 16.3. The Morgan fingerprint density at radius 1 is 1.43 bits per heavy atom. The van der Waals surface area contributed by atoms with Gasteiger partial charge in [0.05, 0.1) is 18.8 Å². The first-order valence-corrected chi connectivity index (χ1v) is 8.78. The van der Waals surface area contributed by atoms with Gasteiger partial charge in [0.1, 0.15) is 5.75 Å². The summed E-state index contributed by atoms with van der Waals surface area (Å²) in [5.74, 6) is 0.554. The summed E-state index contributed by atoms with van der Waals surface area (Å²) in [6.45, 7) is 3.65. The number of nitrogens with one attached hydrogen (secondary N) is 1. The van der Waals surface area contributed by atoms with Crippen LogP contribution in [-0.4, -0.2) is 30.5 Å². The third-order valence-corrected chi connectivity index (χ3v) is 5.44. The summed E-state index contributed by atoms with van der Waals surface area (Å²) >= 11 is 7.81. The summed E-state index contributed by atoms with van der Waals surface area (Å²) in [4.78, 5) is 16.2. The van der Waals surface area contributed by atoms with Crippen LogP contribution in [-0.2, 0) is 17.8 Å². The average molecular weight is 351 g/mol. The molecule has 1 aromatic carbocycles. The van der Waals surface area contributed by atoms with E-state index in [0.717, 1.165) is 19.5 Å². The summed E-state index contributed by atoms with van der Waals surface area (Å²) in [6.07, 6.45) is 1.01. The highest BCUT2D eigenvalue weighted by Crippen LogP contribution is 2.29. The third-order valence-electron chi connectivity index (χ3n) is 4.18. The number of methoxy groups -OCH3 is 1. The Morgan fingerprint density at radius 2 is 2.26 bits per heavy atom. The standard InChI is InChI=1S/C17H19ClN2O2S/c1-11(20-7-5-16-12(10-20)6-8-23-16)17(21)19-14-9-13(18)3-4-15(14)22-2/h3-4,6,8-9,11H,5,7,10H2,1-2H3,(H,19,21). The van der Waals surface area contributed by atoms with E-state index in [-0.39, 0.29) is 11.9 Å². The molecule has 2 aromatic rings. The molecule has 1 aliphatic heterocycles. The maximum absolute atomic E-state index is 12.6. The molecule has 0 spiro atoms. The number of ether oxygens (including phenoxy) is 1. The molecule has 1 atom stereocenters. The minimum Gasteiger partial charge on any atom is -0.495 e. The third kappa shape index (κ3) is 3.52. The van der Waals surface area contributed by atoms with Crippen LogP contribution in [0, 0.1) is 0 Å². The number of carbonyl (C=O) groups is 1. The summed E-state index contributed by atoms with van der Waals surface area (Å²) in [6, 6.07) is 7.13. The molecule has 2 heterocycles. The lowest BCUT2D eigenvalue weighted by molar-refractivity contribution is -0.121. The summed E-state index contributed by atoms with van der Waals surface area (Å²) in [7, 11) is 1.57. The Hall–Kier alpha value is -1.56. The number of benzene rings is 1. The van der Waals surface area contributed by atoms with E-state index in [1.165, 1.54) is 10.4 Å². The van der Waals surface area contributed by atoms with Crippen LogP contribution in [0.5, 0.6) is 5.75 Å². The van der Waals surface area contributed by atoms with Crippen molar-refractivity contribution in [3.05, 3.63) is 45.1 Å². The number of carbonyl (C=O) groups excluding carboxylic acids is 1. The number of rotatable bonds is 4. The Balaban J connectivity index is 1.70. The monoisotopic (exact) mass is 350 g/mol. The van der Waals surface area contributed by atoms with Gasteiger partial charge in [0.25, 0.3) is 0 Å². The van der Waals surface area contributed by atoms with Gasteiger partial charge >= 0.3 is 0 Å². The molecule has 122 valence electrons. The molecule has 4 nitrogen and oxygen atoms in total. The Kier molecular flexibility index (Phi) is 4.90. The molecule has 0 bridgehead atoms. The first-order chi connectivity index (χ1) is 11.1. The lowest BCUT2D eigenvalue weighted by Crippen LogP contribution is -2.44. The molecule has 0 fully saturated rings. The van der Waals surface area contributed by atoms with Gasteiger partial charge < -0.3 is 10.1 Å². The fourth-order valence-corrected chi connectivity index (χ4v) is 3.84. The van der Waals surface area contributed by atoms with E-state index in [1.807, 2.05) is 6.92 Å². The molecule has 1 aromatic heterocycles. The first-order valence-electron chi connectivity index (χ1n) is 7.52. The Morgan fingerprint density at radius 3 is 3.04 bits per heavy atom. The van der Waals surface area contributed by atoms with Gasteiger partial charge in [-0.05, 0) is 48.6 Å². The molecular formula is C17H19ClN2O2S. The van der Waals surface area contributed by atoms with E-state index in [2.05, 4.69) is 21.7 Å². The molecule has 3 rings (SSSR count). The van der Waals surface area contributed by atoms with Gasteiger partial charge in [0.2, 0.25) is 5.91 Å². The number of amides is 1. The molecule has 6 heteroatoms. The van der Waals surface area contributed by atoms with Crippen molar-refractivity contribution >= 4 is 34.5 Å². The number of anilines is 1. The van der Waals surface area contributed by atoms with Crippen molar-refractivity contribution in [3.63, 3.8) is 0 Å². The van der Waals surface area contributed by atoms with Gasteiger partial charge in [-0.15, -0.1) is 11.3 Å². The van der Waals surface area contributed by atoms with Crippen molar-refractivity contribution in [2.75, 3.05) is 19.0 Å². The quantitative estimate of drug-likeness (QED) is 0.912. The minimum atomic E-state index is -0.216. The van der Waals surface area contributed by atoms with E-state index >= 15 is 0 Å². The fourth-order valence-electron chi connectivity index (χ4n) is 2.78. The molecule has 1 unspecified atom stereocenters. The van der Waals surface area contributed by atoms with Crippen LogP contribution in [0.2, 0.25) is 5.02 Å². The van der Waals surface area contributed by atoms with E-state index in [0.29, 0.717) is 16.5 Å². The van der Waals surface area contributed by atoms with Gasteiger partial charge in [-0.3, -0.25) is 9.69 Å². The summed E-state index contributed by atoms with van der Waals surface area (Å²) in [5, 5.41) is 5.61. The predicted molar refractivity (Wildman–Crippen MR) is 94.5 cm³/mol. The van der Waals surface area contributed by atoms with Crippen LogP contribution in [0.15, 0.2) is 29.6 Å². The van der Waals surface area contributed by atoms with Crippen LogP contribution in [0.1, 0.15) is 17.4 Å². The topological polar surface area (TPSA) is 41.6 Å². The molecule has 0 aliphatic carbocycles. The molecule has 0 saturated heterocycles. The van der Waals surface area contributed by atoms with E-state index in [4.69, 9.17) is 16.3 Å². The van der Waals surface area contributed by atoms with Crippen molar-refractivity contribution in [1.29, 1.82) is 0 Å². The zero-order valence-corrected chi connectivity index (χ0v) is 14.7. The normalized spacial score (nSPS) is 15.8. The second-order valence-corrected chi connectivity index (χ2v) is 7.04. The maximum Gasteiger partial charge on any atom is 0.241 e. The molecular weight excluding hydrogens is 332 g/mol. The second-order valence-electron chi connectivity index (χ2n) is 5.60. The number of hydrogen-bond acceptors (Lipinski definition) is 4. The smallest absolute Gasteiger partial charge is 0.241 e. The van der Waals surface area contributed by atoms with Crippen molar-refractivity contribution in [2.24, 2.45) is 0 Å². The second kappa shape index (κ2) is 6.91. The van der Waals surface area contributed by atoms with Gasteiger partial charge in [-0.25, -0.2) is 0 Å². The van der Waals surface area contributed by atoms with Crippen LogP contribution in [0.3, 0.4) is 0 Å². The van der Waals surface area contributed by atoms with Gasteiger partial charge in [0, 0.05) is 23.0 Å². The Bertz CT molecular complexity index is 716. The van der Waals surface area contributed by atoms with Crippen LogP contribution < -0.4 is 10.1 Å². The highest BCUT2D eigenvalue weighted by molar-refractivity contribution is 7.10. The van der Waals surface area contributed by atoms with E-state index < -0.39 is 0 Å². The van der Waals surface area contributed by atoms with Gasteiger partial charge in [0.15, 0.2) is 0 Å². The minimum absolute atomic E-state index is 0.0516. The van der Waals surface area contributed by atoms with Crippen molar-refractivity contribution in [2.45, 2.75) is 25.9 Å². The fraction of sp³-hybridized carbons (Fsp3) is 0.353. The number of thiophene rings is 1. The molecule has 1 amide bonds. The molecule has 0 saturated carbocycles. The predicted octanol–water partition coefficient (Wildman–Crippen LogP) is 3.80. The van der Waals surface area contributed by atoms with Crippen molar-refractivity contribution in [1.82, 2.24) is 4.90 Å². The summed E-state index contributed by atoms with van der Waals surface area (Å²) in [5.41, 5.74) is 1.94. The number of hydrogen-bond donors (Lipinski definition) is 1. The zero-order valence-electron chi connectivity index (χ0n) is 13.1. The van der Waals surface area contributed by atoms with Crippen LogP contribution >= 0.6 is 22.9 Å². The molecule has 1 N–H and O–H groups in total. The zero-order chi connectivity index (χ0) is 16.4. The van der Waals surface area contributed by atoms with Gasteiger partial charge in [-0.2, -0.15) is 0 Å². The lowest BCUT2D eigenvalue weighted by Gasteiger charge is -2.31. The summed E-state index contributed by atoms with van der Waals surface area (Å²) < 4.78 is 5.28. The van der Waals surface area contributed by atoms with Crippen LogP contribution in [0.25, 0.3) is 0 Å². The number of halogens is 1. The Labute approximate surface area is 145 Å².